The van der Waals surface area contributed by atoms with Crippen molar-refractivity contribution in [2.24, 2.45) is 0 Å². The first-order valence-corrected chi connectivity index (χ1v) is 12.7. The van der Waals surface area contributed by atoms with Gasteiger partial charge in [-0.3, -0.25) is 14.0 Å². The van der Waals surface area contributed by atoms with Crippen LogP contribution in [0, 0.1) is 0 Å². The fraction of sp³-hybridized carbons (Fsp3) is 0.381. The molecule has 1 amide bonds. The Balaban J connectivity index is 1.28. The van der Waals surface area contributed by atoms with Gasteiger partial charge in [0.1, 0.15) is 42.8 Å². The molecule has 6 N–H and O–H groups in total. The molecule has 1 aliphatic heterocycles. The van der Waals surface area contributed by atoms with Crippen molar-refractivity contribution in [1.82, 2.24) is 24.8 Å². The maximum absolute atomic E-state index is 12.3. The summed E-state index contributed by atoms with van der Waals surface area (Å²) in [6.07, 6.45) is -4.02. The van der Waals surface area contributed by atoms with Gasteiger partial charge < -0.3 is 35.3 Å². The molecule has 1 aromatic carbocycles. The number of nitrogens with two attached hydrogens (primary N) is 1. The normalized spacial score (nSPS) is 23.5. The average molecular weight is 552 g/mol. The number of anilines is 1. The van der Waals surface area contributed by atoms with E-state index in [1.807, 2.05) is 0 Å². The zero-order valence-corrected chi connectivity index (χ0v) is 20.7. The number of aliphatic hydroxyl groups is 2. The van der Waals surface area contributed by atoms with Crippen LogP contribution < -0.4 is 11.1 Å². The van der Waals surface area contributed by atoms with Crippen LogP contribution in [0.5, 0.6) is 0 Å². The minimum atomic E-state index is -5.00. The summed E-state index contributed by atoms with van der Waals surface area (Å²) in [5.74, 6) is -1.18. The highest BCUT2D eigenvalue weighted by Gasteiger charge is 2.45. The molecule has 0 bridgehead atoms. The molecule has 0 aliphatic carbocycles. The van der Waals surface area contributed by atoms with Crippen molar-refractivity contribution in [2.45, 2.75) is 44.1 Å². The fourth-order valence-electron chi connectivity index (χ4n) is 3.54. The zero-order valence-electron chi connectivity index (χ0n) is 19.9. The fourth-order valence-corrected chi connectivity index (χ4v) is 4.31. The summed E-state index contributed by atoms with van der Waals surface area (Å²) < 4.78 is 33.5. The number of ether oxygens (including phenoxy) is 2. The molecule has 6 atom stereocenters. The minimum absolute atomic E-state index is 0.0538. The third kappa shape index (κ3) is 6.24. The summed E-state index contributed by atoms with van der Waals surface area (Å²) in [4.78, 5) is 45.9. The lowest BCUT2D eigenvalue weighted by Crippen LogP contribution is -2.39. The molecule has 17 heteroatoms. The molecule has 1 unspecified atom stereocenters. The molecule has 3 aromatic rings. The second kappa shape index (κ2) is 11.4. The molecule has 4 rings (SSSR count). The Labute approximate surface area is 214 Å². The SMILES string of the molecule is C[C@H](NC(=O)OCc1ccccc1)C(=O)OP(=O)(O)OC[C@H]1O[C@@H](n2cnc3c(N)ncnc32)[C@H](O)[C@@H]1O. The topological polar surface area (TPSA) is 230 Å². The Morgan fingerprint density at radius 3 is 2.68 bits per heavy atom. The first-order chi connectivity index (χ1) is 18.1. The Morgan fingerprint density at radius 1 is 1.21 bits per heavy atom. The van der Waals surface area contributed by atoms with Crippen molar-refractivity contribution in [2.75, 3.05) is 12.3 Å². The number of hydrogen-bond acceptors (Lipinski definition) is 13. The average Bonchev–Trinajstić information content (AvgIpc) is 3.43. The first kappa shape index (κ1) is 27.4. The predicted molar refractivity (Wildman–Crippen MR) is 127 cm³/mol. The number of hydrogen-bond donors (Lipinski definition) is 5. The number of carbonyl (C=O) groups is 2. The predicted octanol–water partition coefficient (Wildman–Crippen LogP) is 0.00280. The van der Waals surface area contributed by atoms with Crippen molar-refractivity contribution in [1.29, 1.82) is 0 Å². The molecular formula is C21H25N6O10P. The van der Waals surface area contributed by atoms with Gasteiger partial charge in [-0.25, -0.2) is 29.1 Å². The number of alkyl carbamates (subject to hydrolysis) is 1. The van der Waals surface area contributed by atoms with Gasteiger partial charge in [-0.2, -0.15) is 0 Å². The van der Waals surface area contributed by atoms with Crippen molar-refractivity contribution in [3.63, 3.8) is 0 Å². The van der Waals surface area contributed by atoms with Gasteiger partial charge in [-0.05, 0) is 12.5 Å². The number of benzene rings is 1. The molecule has 16 nitrogen and oxygen atoms in total. The number of aromatic nitrogens is 4. The van der Waals surface area contributed by atoms with Crippen LogP contribution in [0.15, 0.2) is 43.0 Å². The summed E-state index contributed by atoms with van der Waals surface area (Å²) in [7, 11) is -5.00. The molecule has 3 heterocycles. The zero-order chi connectivity index (χ0) is 27.4. The lowest BCUT2D eigenvalue weighted by atomic mass is 10.1. The molecule has 0 saturated carbocycles. The van der Waals surface area contributed by atoms with Crippen LogP contribution in [-0.2, 0) is 34.5 Å². The van der Waals surface area contributed by atoms with Crippen molar-refractivity contribution in [3.8, 4) is 0 Å². The second-order valence-corrected chi connectivity index (χ2v) is 9.61. The van der Waals surface area contributed by atoms with E-state index in [-0.39, 0.29) is 23.6 Å². The van der Waals surface area contributed by atoms with Gasteiger partial charge >= 0.3 is 19.9 Å². The van der Waals surface area contributed by atoms with Gasteiger partial charge in [0, 0.05) is 0 Å². The molecule has 1 fully saturated rings. The number of amides is 1. The Morgan fingerprint density at radius 2 is 1.95 bits per heavy atom. The maximum Gasteiger partial charge on any atom is 0.529 e. The standard InChI is InChI=1S/C21H25N6O10P/c1-11(26-21(31)34-7-12-5-3-2-4-6-12)20(30)37-38(32,33)35-8-13-15(28)16(29)19(36-13)27-10-25-14-17(22)23-9-24-18(14)27/h2-6,9-11,13,15-16,19,28-29H,7-8H2,1H3,(H,26,31)(H,32,33)(H2,22,23,24)/t11-,13+,15+,16+,19+/m0/s1. The van der Waals surface area contributed by atoms with E-state index in [9.17, 15) is 29.3 Å². The van der Waals surface area contributed by atoms with E-state index in [4.69, 9.17) is 19.7 Å². The summed E-state index contributed by atoms with van der Waals surface area (Å²) >= 11 is 0. The van der Waals surface area contributed by atoms with Gasteiger partial charge in [-0.15, -0.1) is 0 Å². The summed E-state index contributed by atoms with van der Waals surface area (Å²) in [6, 6.07) is 7.43. The molecular weight excluding hydrogens is 527 g/mol. The van der Waals surface area contributed by atoms with E-state index in [0.29, 0.717) is 5.56 Å². The molecule has 0 radical (unpaired) electrons. The molecule has 1 aliphatic rings. The molecule has 38 heavy (non-hydrogen) atoms. The number of nitrogens with one attached hydrogen (secondary N) is 1. The van der Waals surface area contributed by atoms with Crippen LogP contribution in [0.25, 0.3) is 11.2 Å². The second-order valence-electron chi connectivity index (χ2n) is 8.23. The van der Waals surface area contributed by atoms with Crippen LogP contribution in [0.3, 0.4) is 0 Å². The number of nitrogen functional groups attached to an aromatic ring is 1. The van der Waals surface area contributed by atoms with Gasteiger partial charge in [0.05, 0.1) is 12.9 Å². The van der Waals surface area contributed by atoms with Crippen molar-refractivity contribution >= 4 is 36.9 Å². The Hall–Kier alpha value is -3.66. The third-order valence-corrected chi connectivity index (χ3v) is 6.39. The molecule has 1 saturated heterocycles. The number of imidazole rings is 1. The minimum Gasteiger partial charge on any atom is -0.445 e. The number of phosphoric ester groups is 1. The number of fused-ring (bicyclic) bond motifs is 1. The highest BCUT2D eigenvalue weighted by Crippen LogP contribution is 2.45. The van der Waals surface area contributed by atoms with Crippen LogP contribution in [0.2, 0.25) is 0 Å². The van der Waals surface area contributed by atoms with Crippen LogP contribution in [0.4, 0.5) is 10.6 Å². The monoisotopic (exact) mass is 552 g/mol. The van der Waals surface area contributed by atoms with Gasteiger partial charge in [0.15, 0.2) is 17.7 Å². The molecule has 0 spiro atoms. The van der Waals surface area contributed by atoms with Crippen LogP contribution in [0.1, 0.15) is 18.7 Å². The Bertz CT molecular complexity index is 1340. The van der Waals surface area contributed by atoms with E-state index >= 15 is 0 Å². The number of aliphatic hydroxyl groups excluding tert-OH is 2. The van der Waals surface area contributed by atoms with E-state index in [1.54, 1.807) is 30.3 Å². The van der Waals surface area contributed by atoms with Gasteiger partial charge in [0.2, 0.25) is 0 Å². The third-order valence-electron chi connectivity index (χ3n) is 5.51. The number of carbonyl (C=O) groups excluding carboxylic acids is 2. The molecule has 204 valence electrons. The summed E-state index contributed by atoms with van der Waals surface area (Å²) in [5, 5.41) is 23.0. The van der Waals surface area contributed by atoms with E-state index < -0.39 is 57.1 Å². The summed E-state index contributed by atoms with van der Waals surface area (Å²) in [5.41, 5.74) is 6.94. The van der Waals surface area contributed by atoms with Crippen LogP contribution in [-0.4, -0.2) is 77.6 Å². The van der Waals surface area contributed by atoms with E-state index in [0.717, 1.165) is 0 Å². The van der Waals surface area contributed by atoms with Crippen molar-refractivity contribution in [3.05, 3.63) is 48.5 Å². The summed E-state index contributed by atoms with van der Waals surface area (Å²) in [6.45, 7) is 0.422. The smallest absolute Gasteiger partial charge is 0.445 e. The maximum atomic E-state index is 12.3. The quantitative estimate of drug-likeness (QED) is 0.220. The van der Waals surface area contributed by atoms with E-state index in [1.165, 1.54) is 24.1 Å². The lowest BCUT2D eigenvalue weighted by Gasteiger charge is -2.19. The van der Waals surface area contributed by atoms with Gasteiger partial charge in [0.25, 0.3) is 0 Å². The largest absolute Gasteiger partial charge is 0.529 e. The van der Waals surface area contributed by atoms with Crippen molar-refractivity contribution < 1.29 is 47.8 Å². The van der Waals surface area contributed by atoms with E-state index in [2.05, 4.69) is 24.8 Å². The highest BCUT2D eigenvalue weighted by molar-refractivity contribution is 7.48. The number of phosphoric acid groups is 1. The number of rotatable bonds is 9. The highest BCUT2D eigenvalue weighted by atomic mass is 31.2. The first-order valence-electron chi connectivity index (χ1n) is 11.2. The number of nitrogens with zero attached hydrogens (tertiary/aromatic N) is 4. The van der Waals surface area contributed by atoms with Gasteiger partial charge in [-0.1, -0.05) is 30.3 Å². The lowest BCUT2D eigenvalue weighted by molar-refractivity contribution is -0.138. The Kier molecular flexibility index (Phi) is 8.20. The van der Waals surface area contributed by atoms with Crippen LogP contribution >= 0.6 is 7.82 Å². The molecule has 2 aromatic heterocycles.